The van der Waals surface area contributed by atoms with Crippen LogP contribution in [0.3, 0.4) is 0 Å². The van der Waals surface area contributed by atoms with Crippen molar-refractivity contribution >= 4 is 28.8 Å². The average Bonchev–Trinajstić information content (AvgIpc) is 3.51. The molecule has 0 saturated carbocycles. The number of aromatic amines is 1. The van der Waals surface area contributed by atoms with Crippen LogP contribution in [0, 0.1) is 0 Å². The predicted octanol–water partition coefficient (Wildman–Crippen LogP) is 4.28. The van der Waals surface area contributed by atoms with Crippen LogP contribution in [0.4, 0.5) is 4.79 Å². The largest absolute Gasteiger partial charge is 0.370 e. The topological polar surface area (TPSA) is 124 Å². The summed E-state index contributed by atoms with van der Waals surface area (Å²) in [5.41, 5.74) is 15.7. The Morgan fingerprint density at radius 3 is 2.36 bits per heavy atom. The van der Waals surface area contributed by atoms with E-state index in [-0.39, 0.29) is 30.0 Å². The van der Waals surface area contributed by atoms with Gasteiger partial charge in [-0.25, -0.2) is 4.79 Å². The van der Waals surface area contributed by atoms with Crippen LogP contribution in [-0.2, 0) is 24.2 Å². The number of guanidine groups is 1. The fourth-order valence-electron chi connectivity index (χ4n) is 6.89. The van der Waals surface area contributed by atoms with Gasteiger partial charge in [0.05, 0.1) is 12.1 Å². The number of hydrogen-bond donors (Lipinski definition) is 3. The summed E-state index contributed by atoms with van der Waals surface area (Å²) < 4.78 is 0. The number of fused-ring (bicyclic) bond motifs is 2. The smallest absolute Gasteiger partial charge is 0.321 e. The molecule has 44 heavy (non-hydrogen) atoms. The summed E-state index contributed by atoms with van der Waals surface area (Å²) in [4.78, 5) is 42.1. The summed E-state index contributed by atoms with van der Waals surface area (Å²) in [7, 11) is 0. The van der Waals surface area contributed by atoms with Gasteiger partial charge < -0.3 is 31.2 Å². The van der Waals surface area contributed by atoms with E-state index in [1.807, 2.05) is 69.4 Å². The van der Waals surface area contributed by atoms with Crippen LogP contribution in [0.2, 0.25) is 0 Å². The van der Waals surface area contributed by atoms with Gasteiger partial charge in [0.2, 0.25) is 5.91 Å². The van der Waals surface area contributed by atoms with Crippen molar-refractivity contribution in [3.8, 4) is 0 Å². The Balaban J connectivity index is 1.29. The fourth-order valence-corrected chi connectivity index (χ4v) is 6.89. The zero-order valence-corrected chi connectivity index (χ0v) is 25.0. The number of nitrogens with zero attached hydrogens (tertiary/aromatic N) is 4. The van der Waals surface area contributed by atoms with E-state index in [0.717, 1.165) is 30.3 Å². The van der Waals surface area contributed by atoms with Crippen LogP contribution in [0.25, 0.3) is 10.9 Å². The lowest BCUT2D eigenvalue weighted by atomic mass is 9.95. The Morgan fingerprint density at radius 1 is 0.909 bits per heavy atom. The summed E-state index contributed by atoms with van der Waals surface area (Å²) in [6.45, 7) is 2.11. The van der Waals surface area contributed by atoms with E-state index in [1.165, 1.54) is 16.5 Å². The van der Waals surface area contributed by atoms with Gasteiger partial charge in [-0.15, -0.1) is 0 Å². The number of nitrogens with one attached hydrogen (secondary N) is 1. The lowest BCUT2D eigenvalue weighted by Crippen LogP contribution is -2.50. The Hall–Kier alpha value is -4.79. The Morgan fingerprint density at radius 2 is 1.61 bits per heavy atom. The molecule has 3 amide bonds. The minimum atomic E-state index is -0.578. The summed E-state index contributed by atoms with van der Waals surface area (Å²) in [5.74, 6) is 0.0371. The van der Waals surface area contributed by atoms with Gasteiger partial charge in [0, 0.05) is 43.3 Å². The molecule has 4 aromatic rings. The van der Waals surface area contributed by atoms with Gasteiger partial charge in [-0.2, -0.15) is 0 Å². The van der Waals surface area contributed by atoms with Crippen molar-refractivity contribution in [1.29, 1.82) is 0 Å². The molecule has 0 bridgehead atoms. The van der Waals surface area contributed by atoms with Crippen LogP contribution in [0.15, 0.2) is 96.1 Å². The van der Waals surface area contributed by atoms with E-state index >= 15 is 0 Å². The van der Waals surface area contributed by atoms with Crippen molar-refractivity contribution in [2.75, 3.05) is 19.6 Å². The van der Waals surface area contributed by atoms with E-state index in [1.54, 1.807) is 0 Å². The molecular formula is C35H41N7O2. The SMILES string of the molecule is NC(N)=NCCCC1C(=O)N(CCc2c[nH]c3ccccc23)CCC2C(Cc3ccccc3)N(Cc3ccccc3)C(=O)N12. The number of hydrogen-bond acceptors (Lipinski definition) is 3. The molecule has 9 nitrogen and oxygen atoms in total. The van der Waals surface area contributed by atoms with Crippen molar-refractivity contribution < 1.29 is 9.59 Å². The number of H-pyrrole nitrogens is 1. The van der Waals surface area contributed by atoms with Crippen molar-refractivity contribution in [3.05, 3.63) is 108 Å². The molecule has 3 heterocycles. The van der Waals surface area contributed by atoms with E-state index < -0.39 is 6.04 Å². The van der Waals surface area contributed by atoms with Crippen LogP contribution in [0.1, 0.15) is 36.0 Å². The van der Waals surface area contributed by atoms with Crippen LogP contribution in [0.5, 0.6) is 0 Å². The number of carbonyl (C=O) groups is 2. The fraction of sp³-hybridized carbons (Fsp3) is 0.343. The molecule has 9 heteroatoms. The van der Waals surface area contributed by atoms with Gasteiger partial charge in [-0.3, -0.25) is 9.79 Å². The number of amides is 3. The predicted molar refractivity (Wildman–Crippen MR) is 174 cm³/mol. The average molecular weight is 592 g/mol. The molecule has 228 valence electrons. The lowest BCUT2D eigenvalue weighted by Gasteiger charge is -2.31. The van der Waals surface area contributed by atoms with Crippen molar-refractivity contribution in [2.45, 2.75) is 56.8 Å². The lowest BCUT2D eigenvalue weighted by molar-refractivity contribution is -0.135. The third-order valence-corrected chi connectivity index (χ3v) is 9.04. The maximum atomic E-state index is 14.4. The van der Waals surface area contributed by atoms with Gasteiger partial charge in [-0.1, -0.05) is 78.9 Å². The quantitative estimate of drug-likeness (QED) is 0.137. The number of nitrogens with two attached hydrogens (primary N) is 2. The first-order valence-corrected chi connectivity index (χ1v) is 15.6. The number of urea groups is 1. The molecule has 3 aromatic carbocycles. The van der Waals surface area contributed by atoms with Crippen LogP contribution in [-0.4, -0.2) is 75.3 Å². The monoisotopic (exact) mass is 591 g/mol. The molecule has 3 unspecified atom stereocenters. The van der Waals surface area contributed by atoms with Crippen molar-refractivity contribution in [2.24, 2.45) is 16.5 Å². The van der Waals surface area contributed by atoms with Gasteiger partial charge in [-0.05, 0) is 54.9 Å². The maximum absolute atomic E-state index is 14.4. The van der Waals surface area contributed by atoms with Crippen molar-refractivity contribution in [3.63, 3.8) is 0 Å². The third kappa shape index (κ3) is 6.27. The molecule has 0 spiro atoms. The summed E-state index contributed by atoms with van der Waals surface area (Å²) in [6.07, 6.45) is 5.33. The minimum Gasteiger partial charge on any atom is -0.370 e. The van der Waals surface area contributed by atoms with Gasteiger partial charge in [0.25, 0.3) is 0 Å². The molecule has 6 rings (SSSR count). The molecule has 2 saturated heterocycles. The second-order valence-electron chi connectivity index (χ2n) is 11.8. The number of carbonyl (C=O) groups excluding carboxylic acids is 2. The molecule has 2 aliphatic heterocycles. The highest BCUT2D eigenvalue weighted by Crippen LogP contribution is 2.35. The second kappa shape index (κ2) is 13.2. The highest BCUT2D eigenvalue weighted by Gasteiger charge is 2.51. The van der Waals surface area contributed by atoms with E-state index in [9.17, 15) is 9.59 Å². The summed E-state index contributed by atoms with van der Waals surface area (Å²) in [6, 6.07) is 27.9. The van der Waals surface area contributed by atoms with Gasteiger partial charge in [0.15, 0.2) is 5.96 Å². The number of benzene rings is 3. The van der Waals surface area contributed by atoms with E-state index in [2.05, 4.69) is 46.4 Å². The summed E-state index contributed by atoms with van der Waals surface area (Å²) in [5, 5.41) is 1.18. The molecule has 0 radical (unpaired) electrons. The van der Waals surface area contributed by atoms with E-state index in [0.29, 0.717) is 39.0 Å². The number of aromatic nitrogens is 1. The number of para-hydroxylation sites is 1. The van der Waals surface area contributed by atoms with Crippen LogP contribution >= 0.6 is 0 Å². The normalized spacial score (nSPS) is 20.2. The zero-order chi connectivity index (χ0) is 30.5. The highest BCUT2D eigenvalue weighted by molar-refractivity contribution is 5.89. The first kappa shape index (κ1) is 29.3. The van der Waals surface area contributed by atoms with Gasteiger partial charge >= 0.3 is 6.03 Å². The molecule has 3 atom stereocenters. The Kier molecular flexibility index (Phi) is 8.81. The molecule has 2 aliphatic rings. The number of rotatable bonds is 11. The van der Waals surface area contributed by atoms with Crippen LogP contribution < -0.4 is 11.5 Å². The first-order chi connectivity index (χ1) is 21.5. The summed E-state index contributed by atoms with van der Waals surface area (Å²) >= 11 is 0. The molecule has 2 fully saturated rings. The molecule has 0 aliphatic carbocycles. The van der Waals surface area contributed by atoms with Crippen molar-refractivity contribution in [1.82, 2.24) is 19.7 Å². The molecule has 1 aromatic heterocycles. The molecule has 5 N–H and O–H groups in total. The van der Waals surface area contributed by atoms with E-state index in [4.69, 9.17) is 11.5 Å². The standard InChI is InChI=1S/C35H41N7O2/c36-34(37)38-19-9-16-31-33(43)40(20-17-27-23-39-29-15-8-7-14-28(27)29)21-18-30-32(22-25-10-3-1-4-11-25)41(35(44)42(30)31)24-26-12-5-2-6-13-26/h1-8,10-15,23,30-32,39H,9,16-22,24H2,(H4,36,37,38). The zero-order valence-electron chi connectivity index (χ0n) is 25.0. The second-order valence-corrected chi connectivity index (χ2v) is 11.8. The Labute approximate surface area is 258 Å². The number of aliphatic imine (C=N–C) groups is 1. The third-order valence-electron chi connectivity index (χ3n) is 9.04. The highest BCUT2D eigenvalue weighted by atomic mass is 16.2. The Bertz CT molecular complexity index is 1600. The minimum absolute atomic E-state index is 0.00501. The van der Waals surface area contributed by atoms with Gasteiger partial charge in [0.1, 0.15) is 6.04 Å². The molecular weight excluding hydrogens is 550 g/mol. The first-order valence-electron chi connectivity index (χ1n) is 15.6. The maximum Gasteiger partial charge on any atom is 0.321 e.